The van der Waals surface area contributed by atoms with Gasteiger partial charge in [0.15, 0.2) is 11.6 Å². The zero-order valence-electron chi connectivity index (χ0n) is 31.0. The van der Waals surface area contributed by atoms with Crippen molar-refractivity contribution in [1.29, 1.82) is 0 Å². The molecule has 2 aliphatic rings. The maximum absolute atomic E-state index is 14.5. The predicted octanol–water partition coefficient (Wildman–Crippen LogP) is 14.4. The van der Waals surface area contributed by atoms with E-state index in [1.54, 1.807) is 24.3 Å². The van der Waals surface area contributed by atoms with Crippen molar-refractivity contribution in [3.05, 3.63) is 107 Å². The topological polar surface area (TPSA) is 18.5 Å². The van der Waals surface area contributed by atoms with Crippen LogP contribution in [-0.4, -0.2) is 12.7 Å². The average Bonchev–Trinajstić information content (AvgIpc) is 3.12. The monoisotopic (exact) mass is 778 g/mol. The molecule has 2 aliphatic carbocycles. The Hall–Kier alpha value is -4.15. The Balaban J connectivity index is 0.000000211. The van der Waals surface area contributed by atoms with E-state index in [0.29, 0.717) is 16.7 Å². The Morgan fingerprint density at radius 3 is 1.42 bits per heavy atom. The van der Waals surface area contributed by atoms with E-state index in [4.69, 9.17) is 0 Å². The van der Waals surface area contributed by atoms with E-state index in [0.717, 1.165) is 72.6 Å². The molecular weight excluding hydrogens is 731 g/mol. The van der Waals surface area contributed by atoms with Crippen molar-refractivity contribution < 1.29 is 49.0 Å². The molecule has 0 aliphatic heterocycles. The van der Waals surface area contributed by atoms with Gasteiger partial charge in [0, 0.05) is 5.56 Å². The number of hydrogen-bond acceptors (Lipinski definition) is 2. The number of rotatable bonds is 10. The van der Waals surface area contributed by atoms with Gasteiger partial charge in [-0.25, -0.2) is 13.2 Å². The standard InChI is InChI=1S/C22H23F5O.C22H24F4O/c1-14-2-4-15(5-3-14)6-7-16-8-10-17(11-9-16)18-12-19(23)21(20(24)13-18)28-22(25,26)27;1-15-2-4-16(5-3-15)6-7-17-8-13-20(21(23)14-17)18-9-11-19(12-10-18)27-22(24,25)26/h8-15H,2-7H2,1H3;8-16H,2-7H2,1H3. The van der Waals surface area contributed by atoms with Crippen LogP contribution in [-0.2, 0) is 12.8 Å². The van der Waals surface area contributed by atoms with E-state index >= 15 is 0 Å². The van der Waals surface area contributed by atoms with Crippen molar-refractivity contribution in [2.45, 2.75) is 104 Å². The van der Waals surface area contributed by atoms with Gasteiger partial charge >= 0.3 is 12.7 Å². The summed E-state index contributed by atoms with van der Waals surface area (Å²) in [6, 6.07) is 19.4. The Labute approximate surface area is 317 Å². The first-order chi connectivity index (χ1) is 26.0. The van der Waals surface area contributed by atoms with Crippen molar-refractivity contribution in [2.24, 2.45) is 23.7 Å². The third-order valence-corrected chi connectivity index (χ3v) is 10.9. The van der Waals surface area contributed by atoms with Crippen LogP contribution in [0, 0.1) is 41.1 Å². The third kappa shape index (κ3) is 13.2. The molecule has 0 heterocycles. The van der Waals surface area contributed by atoms with Gasteiger partial charge in [-0.3, -0.25) is 0 Å². The van der Waals surface area contributed by atoms with E-state index in [1.165, 1.54) is 75.6 Å². The summed E-state index contributed by atoms with van der Waals surface area (Å²) in [5.74, 6) is -1.75. The lowest BCUT2D eigenvalue weighted by Crippen LogP contribution is -2.19. The Kier molecular flexibility index (Phi) is 14.2. The molecule has 2 fully saturated rings. The van der Waals surface area contributed by atoms with Gasteiger partial charge in [0.05, 0.1) is 0 Å². The quantitative estimate of drug-likeness (QED) is 0.149. The molecule has 2 saturated carbocycles. The highest BCUT2D eigenvalue weighted by atomic mass is 19.4. The molecule has 4 aromatic rings. The molecule has 0 aromatic heterocycles. The van der Waals surface area contributed by atoms with Crippen LogP contribution in [0.3, 0.4) is 0 Å². The maximum atomic E-state index is 14.5. The minimum absolute atomic E-state index is 0.164. The second kappa shape index (κ2) is 18.7. The van der Waals surface area contributed by atoms with Crippen molar-refractivity contribution in [3.63, 3.8) is 0 Å². The van der Waals surface area contributed by atoms with Crippen LogP contribution in [0.2, 0.25) is 0 Å². The van der Waals surface area contributed by atoms with E-state index in [9.17, 15) is 39.5 Å². The van der Waals surface area contributed by atoms with Crippen molar-refractivity contribution in [1.82, 2.24) is 0 Å². The van der Waals surface area contributed by atoms with Gasteiger partial charge in [-0.2, -0.15) is 0 Å². The van der Waals surface area contributed by atoms with Crippen LogP contribution in [0.15, 0.2) is 78.9 Å². The number of aryl methyl sites for hydroxylation is 2. The highest BCUT2D eigenvalue weighted by Crippen LogP contribution is 2.35. The Morgan fingerprint density at radius 1 is 0.491 bits per heavy atom. The van der Waals surface area contributed by atoms with Gasteiger partial charge in [0.2, 0.25) is 5.75 Å². The largest absolute Gasteiger partial charge is 0.573 e. The Morgan fingerprint density at radius 2 is 0.945 bits per heavy atom. The van der Waals surface area contributed by atoms with E-state index < -0.39 is 30.1 Å². The minimum atomic E-state index is -5.15. The summed E-state index contributed by atoms with van der Waals surface area (Å²) in [6.07, 6.45) is 4.31. The number of halogens is 9. The summed E-state index contributed by atoms with van der Waals surface area (Å²) in [6.45, 7) is 4.59. The van der Waals surface area contributed by atoms with Gasteiger partial charge in [-0.15, -0.1) is 26.3 Å². The van der Waals surface area contributed by atoms with Gasteiger partial charge in [0.1, 0.15) is 11.6 Å². The van der Waals surface area contributed by atoms with Crippen LogP contribution in [0.4, 0.5) is 39.5 Å². The van der Waals surface area contributed by atoms with E-state index in [1.807, 2.05) is 18.2 Å². The Bertz CT molecular complexity index is 1780. The normalized spacial score (nSPS) is 20.3. The molecule has 0 unspecified atom stereocenters. The van der Waals surface area contributed by atoms with Gasteiger partial charge in [0.25, 0.3) is 0 Å². The average molecular weight is 779 g/mol. The van der Waals surface area contributed by atoms with Crippen molar-refractivity contribution >= 4 is 0 Å². The lowest BCUT2D eigenvalue weighted by atomic mass is 9.80. The summed E-state index contributed by atoms with van der Waals surface area (Å²) >= 11 is 0. The van der Waals surface area contributed by atoms with Crippen LogP contribution < -0.4 is 9.47 Å². The fourth-order valence-electron chi connectivity index (χ4n) is 7.57. The summed E-state index contributed by atoms with van der Waals surface area (Å²) in [7, 11) is 0. The molecule has 0 spiro atoms. The molecule has 4 aromatic carbocycles. The highest BCUT2D eigenvalue weighted by molar-refractivity contribution is 5.66. The summed E-state index contributed by atoms with van der Waals surface area (Å²) in [4.78, 5) is 0. The molecule has 298 valence electrons. The summed E-state index contributed by atoms with van der Waals surface area (Å²) in [5, 5.41) is 0. The molecule has 0 saturated heterocycles. The molecular formula is C44H47F9O2. The van der Waals surface area contributed by atoms with Crippen LogP contribution in [0.1, 0.15) is 89.2 Å². The van der Waals surface area contributed by atoms with Crippen LogP contribution in [0.25, 0.3) is 22.3 Å². The van der Waals surface area contributed by atoms with E-state index in [-0.39, 0.29) is 17.1 Å². The smallest absolute Gasteiger partial charge is 0.406 e. The first-order valence-electron chi connectivity index (χ1n) is 19.0. The molecule has 0 bridgehead atoms. The minimum Gasteiger partial charge on any atom is -0.406 e. The zero-order valence-corrected chi connectivity index (χ0v) is 31.0. The number of hydrogen-bond donors (Lipinski definition) is 0. The number of ether oxygens (including phenoxy) is 2. The zero-order chi connectivity index (χ0) is 39.8. The van der Waals surface area contributed by atoms with Gasteiger partial charge in [-0.1, -0.05) is 114 Å². The fourth-order valence-corrected chi connectivity index (χ4v) is 7.57. The molecule has 0 radical (unpaired) electrons. The lowest BCUT2D eigenvalue weighted by molar-refractivity contribution is -0.277. The fraction of sp³-hybridized carbons (Fsp3) is 0.455. The second-order valence-corrected chi connectivity index (χ2v) is 15.2. The molecule has 55 heavy (non-hydrogen) atoms. The van der Waals surface area contributed by atoms with Crippen LogP contribution >= 0.6 is 0 Å². The van der Waals surface area contributed by atoms with Crippen molar-refractivity contribution in [2.75, 3.05) is 0 Å². The van der Waals surface area contributed by atoms with Gasteiger partial charge < -0.3 is 9.47 Å². The number of alkyl halides is 6. The summed E-state index contributed by atoms with van der Waals surface area (Å²) < 4.78 is 123. The molecule has 6 rings (SSSR count). The van der Waals surface area contributed by atoms with Crippen molar-refractivity contribution in [3.8, 4) is 33.8 Å². The van der Waals surface area contributed by atoms with E-state index in [2.05, 4.69) is 23.3 Å². The second-order valence-electron chi connectivity index (χ2n) is 15.2. The van der Waals surface area contributed by atoms with Gasteiger partial charge in [-0.05, 0) is 108 Å². The maximum Gasteiger partial charge on any atom is 0.573 e. The van der Waals surface area contributed by atoms with Crippen LogP contribution in [0.5, 0.6) is 11.5 Å². The molecule has 0 N–H and O–H groups in total. The predicted molar refractivity (Wildman–Crippen MR) is 196 cm³/mol. The molecule has 0 amide bonds. The first-order valence-corrected chi connectivity index (χ1v) is 19.0. The molecule has 11 heteroatoms. The first kappa shape index (κ1) is 42.0. The molecule has 0 atom stereocenters. The third-order valence-electron chi connectivity index (χ3n) is 10.9. The SMILES string of the molecule is CC1CCC(CCc2ccc(-c3cc(F)c(OC(F)(F)F)c(F)c3)cc2)CC1.CC1CCC(CCc2ccc(-c3ccc(OC(F)(F)F)cc3)c(F)c2)CC1. The summed E-state index contributed by atoms with van der Waals surface area (Å²) in [5.41, 5.74) is 3.70. The molecule has 2 nitrogen and oxygen atoms in total. The lowest BCUT2D eigenvalue weighted by Gasteiger charge is -2.26. The highest BCUT2D eigenvalue weighted by Gasteiger charge is 2.34. The number of benzene rings is 4.